The van der Waals surface area contributed by atoms with Gasteiger partial charge >= 0.3 is 6.36 Å². The molecule has 4 N–H and O–H groups in total. The van der Waals surface area contributed by atoms with Crippen LogP contribution >= 0.6 is 0 Å². The zero-order valence-corrected chi connectivity index (χ0v) is 20.8. The summed E-state index contributed by atoms with van der Waals surface area (Å²) in [6.07, 6.45) is -3.01. The average molecular weight is 538 g/mol. The number of piperidine rings is 1. The molecule has 4 atom stereocenters. The van der Waals surface area contributed by atoms with E-state index in [2.05, 4.69) is 15.0 Å². The fourth-order valence-corrected chi connectivity index (χ4v) is 6.13. The maximum absolute atomic E-state index is 16.4. The van der Waals surface area contributed by atoms with E-state index in [1.165, 1.54) is 0 Å². The number of benzene rings is 1. The number of nitrogens with zero attached hydrogens (tertiary/aromatic N) is 3. The van der Waals surface area contributed by atoms with Gasteiger partial charge in [0.05, 0.1) is 23.0 Å². The normalized spacial score (nSPS) is 24.9. The first kappa shape index (κ1) is 25.3. The summed E-state index contributed by atoms with van der Waals surface area (Å²) in [4.78, 5) is 4.50. The van der Waals surface area contributed by atoms with Gasteiger partial charge in [-0.25, -0.2) is 13.8 Å². The lowest BCUT2D eigenvalue weighted by Crippen LogP contribution is -2.29. The number of alkyl halides is 3. The predicted molar refractivity (Wildman–Crippen MR) is 130 cm³/mol. The fourth-order valence-electron chi connectivity index (χ4n) is 6.13. The number of aliphatic hydroxyl groups is 1. The van der Waals surface area contributed by atoms with Gasteiger partial charge in [-0.05, 0) is 49.6 Å². The molecule has 1 aromatic carbocycles. The van der Waals surface area contributed by atoms with E-state index >= 15 is 4.39 Å². The average Bonchev–Trinajstić information content (AvgIpc) is 3.72. The Morgan fingerprint density at radius 3 is 2.61 bits per heavy atom. The summed E-state index contributed by atoms with van der Waals surface area (Å²) in [7, 11) is 0. The lowest BCUT2D eigenvalue weighted by molar-refractivity contribution is -0.275. The Morgan fingerprint density at radius 1 is 1.24 bits per heavy atom. The summed E-state index contributed by atoms with van der Waals surface area (Å²) in [5.74, 6) is -3.05. The van der Waals surface area contributed by atoms with Crippen LogP contribution in [0, 0.1) is 23.5 Å². The van der Waals surface area contributed by atoms with Crippen LogP contribution in [0.15, 0.2) is 12.1 Å². The van der Waals surface area contributed by atoms with E-state index in [-0.39, 0.29) is 47.6 Å². The maximum Gasteiger partial charge on any atom is 0.573 e. The first-order chi connectivity index (χ1) is 18.0. The van der Waals surface area contributed by atoms with E-state index in [4.69, 9.17) is 10.8 Å². The second-order valence-electron chi connectivity index (χ2n) is 10.8. The predicted octanol–water partition coefficient (Wildman–Crippen LogP) is 5.00. The third-order valence-corrected chi connectivity index (χ3v) is 7.89. The minimum atomic E-state index is -5.21. The van der Waals surface area contributed by atoms with Crippen molar-refractivity contribution in [1.29, 1.82) is 0 Å². The van der Waals surface area contributed by atoms with Crippen LogP contribution in [-0.4, -0.2) is 45.4 Å². The van der Waals surface area contributed by atoms with Gasteiger partial charge in [0.1, 0.15) is 11.2 Å². The van der Waals surface area contributed by atoms with Crippen molar-refractivity contribution in [1.82, 2.24) is 20.1 Å². The van der Waals surface area contributed by atoms with Gasteiger partial charge in [-0.1, -0.05) is 13.8 Å². The van der Waals surface area contributed by atoms with Crippen molar-refractivity contribution in [3.05, 3.63) is 35.2 Å². The Kier molecular flexibility index (Phi) is 5.84. The molecule has 3 aliphatic rings. The molecule has 0 radical (unpaired) electrons. The summed E-state index contributed by atoms with van der Waals surface area (Å²) in [5, 5.41) is 18.3. The number of rotatable bonds is 7. The quantitative estimate of drug-likeness (QED) is 0.290. The molecule has 2 saturated carbocycles. The smallest absolute Gasteiger partial charge is 0.402 e. The number of hydrogen-bond acceptors (Lipinski definition) is 6. The van der Waals surface area contributed by atoms with Crippen LogP contribution in [0.3, 0.4) is 0 Å². The van der Waals surface area contributed by atoms with Crippen LogP contribution in [0.2, 0.25) is 0 Å². The molecule has 0 bridgehead atoms. The van der Waals surface area contributed by atoms with Crippen LogP contribution in [0.1, 0.15) is 62.4 Å². The molecule has 204 valence electrons. The molecule has 1 saturated heterocycles. The minimum Gasteiger partial charge on any atom is -0.402 e. The van der Waals surface area contributed by atoms with Gasteiger partial charge in [0.15, 0.2) is 17.4 Å². The molecule has 2 aromatic heterocycles. The van der Waals surface area contributed by atoms with E-state index in [0.29, 0.717) is 29.5 Å². The van der Waals surface area contributed by atoms with Crippen LogP contribution < -0.4 is 15.8 Å². The molecule has 3 aromatic rings. The second kappa shape index (κ2) is 8.77. The highest BCUT2D eigenvalue weighted by Crippen LogP contribution is 2.61. The zero-order chi connectivity index (χ0) is 27.1. The van der Waals surface area contributed by atoms with Crippen LogP contribution in [0.4, 0.5) is 27.6 Å². The number of nitrogens with one attached hydrogen (secondary N) is 1. The van der Waals surface area contributed by atoms with Crippen molar-refractivity contribution >= 4 is 16.6 Å². The van der Waals surface area contributed by atoms with Gasteiger partial charge in [-0.2, -0.15) is 5.10 Å². The van der Waals surface area contributed by atoms with Crippen LogP contribution in [0.5, 0.6) is 5.75 Å². The SMILES string of the molecule is CC(C)c1nc(-c2cc(N)cc(F)c2OC(F)(F)F)c(F)c2c1c([C@@H]1[C@H]3CN[C@H](CCO)[C@H]31)nn2C1CC1. The van der Waals surface area contributed by atoms with Crippen LogP contribution in [-0.2, 0) is 0 Å². The topological polar surface area (TPSA) is 98.2 Å². The lowest BCUT2D eigenvalue weighted by Gasteiger charge is -2.18. The number of halogens is 5. The van der Waals surface area contributed by atoms with E-state index in [1.54, 1.807) is 4.68 Å². The van der Waals surface area contributed by atoms with Crippen molar-refractivity contribution < 1.29 is 31.8 Å². The molecule has 3 fully saturated rings. The molecule has 0 spiro atoms. The molecule has 3 heterocycles. The zero-order valence-electron chi connectivity index (χ0n) is 20.8. The summed E-state index contributed by atoms with van der Waals surface area (Å²) in [6, 6.07) is 1.83. The summed E-state index contributed by atoms with van der Waals surface area (Å²) in [5.41, 5.74) is 5.95. The van der Waals surface area contributed by atoms with Crippen molar-refractivity contribution in [3.63, 3.8) is 0 Å². The van der Waals surface area contributed by atoms with Gasteiger partial charge < -0.3 is 20.9 Å². The molecule has 7 nitrogen and oxygen atoms in total. The maximum atomic E-state index is 16.4. The number of hydrogen-bond donors (Lipinski definition) is 3. The number of aromatic nitrogens is 3. The molecule has 0 amide bonds. The molecule has 38 heavy (non-hydrogen) atoms. The van der Waals surface area contributed by atoms with Gasteiger partial charge in [-0.3, -0.25) is 4.68 Å². The van der Waals surface area contributed by atoms with E-state index in [1.807, 2.05) is 13.8 Å². The largest absolute Gasteiger partial charge is 0.573 e. The number of fused-ring (bicyclic) bond motifs is 2. The summed E-state index contributed by atoms with van der Waals surface area (Å²) >= 11 is 0. The van der Waals surface area contributed by atoms with E-state index < -0.39 is 35.0 Å². The van der Waals surface area contributed by atoms with Gasteiger partial charge in [0, 0.05) is 35.7 Å². The number of aliphatic hydroxyl groups excluding tert-OH is 1. The Balaban J connectivity index is 1.58. The third-order valence-electron chi connectivity index (χ3n) is 7.89. The number of nitrogens with two attached hydrogens (primary N) is 1. The first-order valence-corrected chi connectivity index (χ1v) is 12.8. The van der Waals surface area contributed by atoms with Gasteiger partial charge in [0.2, 0.25) is 0 Å². The molecule has 2 aliphatic carbocycles. The molecular formula is C26H28F5N5O2. The summed E-state index contributed by atoms with van der Waals surface area (Å²) in [6.45, 7) is 4.54. The van der Waals surface area contributed by atoms with E-state index in [0.717, 1.165) is 31.1 Å². The molecule has 6 rings (SSSR count). The van der Waals surface area contributed by atoms with Gasteiger partial charge in [-0.15, -0.1) is 13.2 Å². The molecular weight excluding hydrogens is 509 g/mol. The van der Waals surface area contributed by atoms with Crippen molar-refractivity contribution in [2.75, 3.05) is 18.9 Å². The standard InChI is InChI=1S/C26H28F5N5O2/c1-10(2)21-19-23(18-14-9-33-16(5-6-37)17(14)18)35-36(12-3-4-12)24(19)20(28)22(34-21)13-7-11(32)8-15(27)25(13)38-26(29,30)31/h7-8,10,12,14,16-18,33,37H,3-6,9,32H2,1-2H3/t14-,16+,17-,18+/m0/s1. The minimum absolute atomic E-state index is 0.0376. The number of ether oxygens (including phenoxy) is 1. The molecule has 1 aliphatic heterocycles. The Labute approximate surface area is 215 Å². The Hall–Kier alpha value is -2.99. The van der Waals surface area contributed by atoms with Crippen molar-refractivity contribution in [3.8, 4) is 17.0 Å². The summed E-state index contributed by atoms with van der Waals surface area (Å²) < 4.78 is 76.3. The van der Waals surface area contributed by atoms with Crippen LogP contribution in [0.25, 0.3) is 22.2 Å². The Bertz CT molecular complexity index is 1420. The number of anilines is 1. The highest BCUT2D eigenvalue weighted by molar-refractivity contribution is 5.91. The highest BCUT2D eigenvalue weighted by Gasteiger charge is 2.60. The first-order valence-electron chi connectivity index (χ1n) is 12.8. The lowest BCUT2D eigenvalue weighted by atomic mass is 9.97. The van der Waals surface area contributed by atoms with E-state index in [9.17, 15) is 22.7 Å². The van der Waals surface area contributed by atoms with Crippen molar-refractivity contribution in [2.24, 2.45) is 11.8 Å². The third kappa shape index (κ3) is 4.08. The molecule has 12 heteroatoms. The monoisotopic (exact) mass is 537 g/mol. The number of nitrogen functional groups attached to an aromatic ring is 1. The number of pyridine rings is 1. The Morgan fingerprint density at radius 2 is 1.97 bits per heavy atom. The second-order valence-corrected chi connectivity index (χ2v) is 10.8. The molecule has 0 unspecified atom stereocenters. The van der Waals surface area contributed by atoms with Gasteiger partial charge in [0.25, 0.3) is 0 Å². The van der Waals surface area contributed by atoms with Crippen molar-refractivity contribution in [2.45, 2.75) is 63.4 Å². The highest BCUT2D eigenvalue weighted by atomic mass is 19.4. The fraction of sp³-hybridized carbons (Fsp3) is 0.538.